The van der Waals surface area contributed by atoms with Gasteiger partial charge >= 0.3 is 5.97 Å². The van der Waals surface area contributed by atoms with Crippen LogP contribution in [0.3, 0.4) is 0 Å². The molecule has 0 bridgehead atoms. The summed E-state index contributed by atoms with van der Waals surface area (Å²) in [7, 11) is 1.93. The second-order valence-corrected chi connectivity index (χ2v) is 8.87. The molecular formula is C25H50N2O4. The third-order valence-corrected chi connectivity index (χ3v) is 5.92. The smallest absolute Gasteiger partial charge is 0.303 e. The number of hydrogen-bond acceptors (Lipinski definition) is 4. The van der Waals surface area contributed by atoms with Gasteiger partial charge in [0.1, 0.15) is 0 Å². The van der Waals surface area contributed by atoms with Crippen LogP contribution in [-0.4, -0.2) is 71.7 Å². The lowest BCUT2D eigenvalue weighted by Crippen LogP contribution is -2.29. The average molecular weight is 443 g/mol. The number of carbonyl (C=O) groups is 2. The zero-order chi connectivity index (χ0) is 23.2. The number of carboxylic acid groups (broad SMARTS) is 1. The lowest BCUT2D eigenvalue weighted by molar-refractivity contribution is -0.137. The number of aliphatic carboxylic acids is 1. The van der Waals surface area contributed by atoms with Crippen molar-refractivity contribution in [3.05, 3.63) is 0 Å². The summed E-state index contributed by atoms with van der Waals surface area (Å²) in [5, 5.41) is 17.9. The van der Waals surface area contributed by atoms with E-state index in [9.17, 15) is 14.7 Å². The summed E-state index contributed by atoms with van der Waals surface area (Å²) in [5.74, 6) is -0.441. The molecule has 0 unspecified atom stereocenters. The fraction of sp³-hybridized carbons (Fsp3) is 0.920. The summed E-state index contributed by atoms with van der Waals surface area (Å²) in [6.07, 6.45) is 16.5. The van der Waals surface area contributed by atoms with E-state index in [4.69, 9.17) is 5.11 Å². The van der Waals surface area contributed by atoms with E-state index in [0.29, 0.717) is 13.0 Å². The van der Waals surface area contributed by atoms with Crippen LogP contribution >= 0.6 is 0 Å². The van der Waals surface area contributed by atoms with Crippen molar-refractivity contribution in [1.82, 2.24) is 9.80 Å². The number of carbonyl (C=O) groups excluding carboxylic acids is 1. The number of unbranched alkanes of at least 4 members (excludes halogenated alkanes) is 11. The molecular weight excluding hydrogens is 392 g/mol. The van der Waals surface area contributed by atoms with Crippen LogP contribution in [-0.2, 0) is 9.59 Å². The lowest BCUT2D eigenvalue weighted by atomic mass is 10.1. The zero-order valence-corrected chi connectivity index (χ0v) is 20.5. The molecule has 0 radical (unpaired) electrons. The van der Waals surface area contributed by atoms with E-state index in [-0.39, 0.29) is 18.9 Å². The molecule has 0 saturated carbocycles. The maximum absolute atomic E-state index is 12.2. The third kappa shape index (κ3) is 20.5. The third-order valence-electron chi connectivity index (χ3n) is 5.92. The van der Waals surface area contributed by atoms with E-state index in [1.807, 2.05) is 11.9 Å². The second kappa shape index (κ2) is 22.1. The van der Waals surface area contributed by atoms with Gasteiger partial charge in [-0.3, -0.25) is 9.59 Å². The normalized spacial score (nSPS) is 11.2. The quantitative estimate of drug-likeness (QED) is 0.216. The SMILES string of the molecule is CCCCCCCCN(C)C(=O)CCCCCN(CCO)CCCCCCCC(=O)O. The maximum atomic E-state index is 12.2. The van der Waals surface area contributed by atoms with Gasteiger partial charge in [0.15, 0.2) is 0 Å². The van der Waals surface area contributed by atoms with Crippen molar-refractivity contribution in [3.8, 4) is 0 Å². The lowest BCUT2D eigenvalue weighted by Gasteiger charge is -2.21. The molecule has 2 N–H and O–H groups in total. The Hall–Kier alpha value is -1.14. The van der Waals surface area contributed by atoms with Crippen LogP contribution in [0, 0.1) is 0 Å². The molecule has 0 aromatic rings. The fourth-order valence-electron chi connectivity index (χ4n) is 3.85. The molecule has 0 fully saturated rings. The van der Waals surface area contributed by atoms with Gasteiger partial charge in [-0.05, 0) is 45.2 Å². The Morgan fingerprint density at radius 2 is 1.13 bits per heavy atom. The van der Waals surface area contributed by atoms with Gasteiger partial charge < -0.3 is 20.0 Å². The van der Waals surface area contributed by atoms with Crippen molar-refractivity contribution in [2.24, 2.45) is 0 Å². The number of aliphatic hydroxyl groups excluding tert-OH is 1. The van der Waals surface area contributed by atoms with Gasteiger partial charge in [-0.25, -0.2) is 0 Å². The van der Waals surface area contributed by atoms with E-state index >= 15 is 0 Å². The molecule has 184 valence electrons. The van der Waals surface area contributed by atoms with Crippen molar-refractivity contribution >= 4 is 11.9 Å². The largest absolute Gasteiger partial charge is 0.481 e. The number of rotatable bonds is 23. The Balaban J connectivity index is 3.71. The van der Waals surface area contributed by atoms with Crippen molar-refractivity contribution in [2.75, 3.05) is 39.8 Å². The van der Waals surface area contributed by atoms with Crippen LogP contribution in [0.4, 0.5) is 0 Å². The number of amides is 1. The Morgan fingerprint density at radius 1 is 0.645 bits per heavy atom. The van der Waals surface area contributed by atoms with Crippen molar-refractivity contribution < 1.29 is 19.8 Å². The molecule has 0 heterocycles. The average Bonchev–Trinajstić information content (AvgIpc) is 2.74. The number of hydrogen-bond donors (Lipinski definition) is 2. The Kier molecular flexibility index (Phi) is 21.3. The number of nitrogens with zero attached hydrogens (tertiary/aromatic N) is 2. The van der Waals surface area contributed by atoms with Crippen molar-refractivity contribution in [1.29, 1.82) is 0 Å². The van der Waals surface area contributed by atoms with E-state index in [1.165, 1.54) is 32.1 Å². The van der Waals surface area contributed by atoms with E-state index in [1.54, 1.807) is 0 Å². The minimum Gasteiger partial charge on any atom is -0.481 e. The molecule has 6 heteroatoms. The van der Waals surface area contributed by atoms with Crippen LogP contribution in [0.15, 0.2) is 0 Å². The van der Waals surface area contributed by atoms with Gasteiger partial charge in [-0.15, -0.1) is 0 Å². The Bertz CT molecular complexity index is 432. The highest BCUT2D eigenvalue weighted by atomic mass is 16.4. The Morgan fingerprint density at radius 3 is 1.71 bits per heavy atom. The van der Waals surface area contributed by atoms with Crippen LogP contribution in [0.25, 0.3) is 0 Å². The van der Waals surface area contributed by atoms with Gasteiger partial charge in [0.25, 0.3) is 0 Å². The van der Waals surface area contributed by atoms with Gasteiger partial charge in [-0.2, -0.15) is 0 Å². The molecule has 0 aromatic heterocycles. The monoisotopic (exact) mass is 442 g/mol. The highest BCUT2D eigenvalue weighted by Gasteiger charge is 2.09. The van der Waals surface area contributed by atoms with Crippen LogP contribution in [0.1, 0.15) is 110 Å². The van der Waals surface area contributed by atoms with Gasteiger partial charge in [0.2, 0.25) is 5.91 Å². The van der Waals surface area contributed by atoms with Gasteiger partial charge in [-0.1, -0.05) is 64.7 Å². The fourth-order valence-corrected chi connectivity index (χ4v) is 3.85. The Labute approximate surface area is 191 Å². The molecule has 0 atom stereocenters. The zero-order valence-electron chi connectivity index (χ0n) is 20.5. The highest BCUT2D eigenvalue weighted by Crippen LogP contribution is 2.09. The number of carboxylic acids is 1. The first kappa shape index (κ1) is 29.9. The summed E-state index contributed by atoms with van der Waals surface area (Å²) in [4.78, 5) is 26.9. The molecule has 0 aliphatic heterocycles. The first-order valence-corrected chi connectivity index (χ1v) is 12.8. The van der Waals surface area contributed by atoms with Crippen LogP contribution in [0.2, 0.25) is 0 Å². The van der Waals surface area contributed by atoms with E-state index in [2.05, 4.69) is 11.8 Å². The topological polar surface area (TPSA) is 81.1 Å². The molecule has 1 amide bonds. The van der Waals surface area contributed by atoms with Gasteiger partial charge in [0, 0.05) is 33.0 Å². The minimum absolute atomic E-state index is 0.181. The maximum Gasteiger partial charge on any atom is 0.303 e. The molecule has 0 spiro atoms. The molecule has 0 aromatic carbocycles. The molecule has 0 rings (SSSR count). The first-order valence-electron chi connectivity index (χ1n) is 12.8. The summed E-state index contributed by atoms with van der Waals surface area (Å²) >= 11 is 0. The van der Waals surface area contributed by atoms with E-state index < -0.39 is 5.97 Å². The molecule has 0 aliphatic rings. The molecule has 0 aliphatic carbocycles. The van der Waals surface area contributed by atoms with Gasteiger partial charge in [0.05, 0.1) is 6.61 Å². The first-order chi connectivity index (χ1) is 15.0. The predicted octanol–water partition coefficient (Wildman–Crippen LogP) is 5.09. The van der Waals surface area contributed by atoms with Crippen molar-refractivity contribution in [2.45, 2.75) is 110 Å². The highest BCUT2D eigenvalue weighted by molar-refractivity contribution is 5.75. The summed E-state index contributed by atoms with van der Waals surface area (Å²) in [5.41, 5.74) is 0. The van der Waals surface area contributed by atoms with Crippen LogP contribution in [0.5, 0.6) is 0 Å². The molecule has 0 saturated heterocycles. The molecule has 6 nitrogen and oxygen atoms in total. The number of aliphatic hydroxyl groups is 1. The van der Waals surface area contributed by atoms with E-state index in [0.717, 1.165) is 77.4 Å². The second-order valence-electron chi connectivity index (χ2n) is 8.87. The molecule has 31 heavy (non-hydrogen) atoms. The predicted molar refractivity (Wildman–Crippen MR) is 128 cm³/mol. The minimum atomic E-state index is -0.708. The summed E-state index contributed by atoms with van der Waals surface area (Å²) < 4.78 is 0. The standard InChI is InChI=1S/C25H50N2O4/c1-3-4-5-6-9-14-19-26(2)24(29)17-12-11-16-21-27(22-23-28)20-15-10-7-8-13-18-25(30)31/h28H,3-23H2,1-2H3,(H,30,31). The summed E-state index contributed by atoms with van der Waals surface area (Å²) in [6.45, 7) is 5.96. The van der Waals surface area contributed by atoms with Crippen molar-refractivity contribution in [3.63, 3.8) is 0 Å². The summed E-state index contributed by atoms with van der Waals surface area (Å²) in [6, 6.07) is 0. The van der Waals surface area contributed by atoms with Crippen LogP contribution < -0.4 is 0 Å².